The second-order valence-corrected chi connectivity index (χ2v) is 8.42. The molecule has 1 aliphatic heterocycles. The number of carbonyl (C=O) groups is 2. The van der Waals surface area contributed by atoms with Gasteiger partial charge in [-0.2, -0.15) is 0 Å². The molecule has 0 spiro atoms. The Kier molecular flexibility index (Phi) is 6.16. The van der Waals surface area contributed by atoms with E-state index >= 15 is 0 Å². The van der Waals surface area contributed by atoms with Gasteiger partial charge in [-0.05, 0) is 79.4 Å². The SMILES string of the molecule is COc1ccc(C2/C(=C(/O)c3ccc(OC)c(C)c3)C(=O)C(=O)N2c2cc(C)ccc2C)cc1. The van der Waals surface area contributed by atoms with Gasteiger partial charge in [0.05, 0.1) is 25.8 Å². The number of aliphatic hydroxyl groups is 1. The van der Waals surface area contributed by atoms with Crippen LogP contribution < -0.4 is 14.4 Å². The average molecular weight is 458 g/mol. The second kappa shape index (κ2) is 9.06. The third-order valence-electron chi connectivity index (χ3n) is 6.17. The third-order valence-corrected chi connectivity index (χ3v) is 6.17. The van der Waals surface area contributed by atoms with E-state index in [4.69, 9.17) is 9.47 Å². The fourth-order valence-electron chi connectivity index (χ4n) is 4.34. The standard InChI is InChI=1S/C28H27NO5/c1-16-6-7-17(2)22(14-16)29-25(19-8-11-21(33-4)12-9-19)24(27(31)28(29)32)26(30)20-10-13-23(34-5)18(3)15-20/h6-15,25,30H,1-5H3/b26-24-. The lowest BCUT2D eigenvalue weighted by molar-refractivity contribution is -0.132. The van der Waals surface area contributed by atoms with E-state index in [0.29, 0.717) is 28.3 Å². The first kappa shape index (κ1) is 23.1. The van der Waals surface area contributed by atoms with Gasteiger partial charge in [0.1, 0.15) is 17.3 Å². The zero-order valence-electron chi connectivity index (χ0n) is 19.9. The van der Waals surface area contributed by atoms with Crippen molar-refractivity contribution >= 4 is 23.1 Å². The normalized spacial score (nSPS) is 17.2. The first-order chi connectivity index (χ1) is 16.3. The summed E-state index contributed by atoms with van der Waals surface area (Å²) < 4.78 is 10.6. The molecule has 1 saturated heterocycles. The van der Waals surface area contributed by atoms with Crippen molar-refractivity contribution in [3.05, 3.63) is 94.1 Å². The lowest BCUT2D eigenvalue weighted by Crippen LogP contribution is -2.30. The number of nitrogens with zero attached hydrogens (tertiary/aromatic N) is 1. The lowest BCUT2D eigenvalue weighted by Gasteiger charge is -2.27. The highest BCUT2D eigenvalue weighted by molar-refractivity contribution is 6.51. The van der Waals surface area contributed by atoms with Crippen LogP contribution in [0.5, 0.6) is 11.5 Å². The molecule has 1 heterocycles. The topological polar surface area (TPSA) is 76.1 Å². The summed E-state index contributed by atoms with van der Waals surface area (Å²) in [4.78, 5) is 28.2. The van der Waals surface area contributed by atoms with Crippen LogP contribution in [0, 0.1) is 20.8 Å². The molecule has 1 atom stereocenters. The van der Waals surface area contributed by atoms with Crippen molar-refractivity contribution in [3.8, 4) is 11.5 Å². The Bertz CT molecular complexity index is 1310. The second-order valence-electron chi connectivity index (χ2n) is 8.42. The molecule has 0 aliphatic carbocycles. The van der Waals surface area contributed by atoms with Crippen LogP contribution in [0.3, 0.4) is 0 Å². The maximum atomic E-state index is 13.4. The predicted molar refractivity (Wildman–Crippen MR) is 131 cm³/mol. The highest BCUT2D eigenvalue weighted by Crippen LogP contribution is 2.43. The van der Waals surface area contributed by atoms with E-state index in [9.17, 15) is 14.7 Å². The third kappa shape index (κ3) is 3.92. The molecule has 6 heteroatoms. The van der Waals surface area contributed by atoms with E-state index in [0.717, 1.165) is 16.7 Å². The van der Waals surface area contributed by atoms with Gasteiger partial charge in [0.25, 0.3) is 11.7 Å². The van der Waals surface area contributed by atoms with E-state index < -0.39 is 17.7 Å². The first-order valence-corrected chi connectivity index (χ1v) is 10.9. The average Bonchev–Trinajstić information content (AvgIpc) is 3.10. The molecule has 1 fully saturated rings. The minimum Gasteiger partial charge on any atom is -0.507 e. The number of aliphatic hydroxyl groups excluding tert-OH is 1. The zero-order chi connectivity index (χ0) is 24.6. The molecule has 34 heavy (non-hydrogen) atoms. The highest BCUT2D eigenvalue weighted by Gasteiger charge is 2.47. The van der Waals surface area contributed by atoms with E-state index in [1.54, 1.807) is 56.7 Å². The quantitative estimate of drug-likeness (QED) is 0.322. The van der Waals surface area contributed by atoms with Gasteiger partial charge in [-0.15, -0.1) is 0 Å². The van der Waals surface area contributed by atoms with Crippen molar-refractivity contribution < 1.29 is 24.2 Å². The molecule has 1 unspecified atom stereocenters. The van der Waals surface area contributed by atoms with Gasteiger partial charge in [-0.25, -0.2) is 0 Å². The van der Waals surface area contributed by atoms with E-state index in [1.807, 2.05) is 39.0 Å². The van der Waals surface area contributed by atoms with Gasteiger partial charge < -0.3 is 14.6 Å². The van der Waals surface area contributed by atoms with Crippen LogP contribution >= 0.6 is 0 Å². The molecule has 174 valence electrons. The Morgan fingerprint density at radius 3 is 2.18 bits per heavy atom. The number of amides is 1. The number of carbonyl (C=O) groups excluding carboxylic acids is 2. The van der Waals surface area contributed by atoms with Crippen molar-refractivity contribution in [2.24, 2.45) is 0 Å². The minimum absolute atomic E-state index is 0.0423. The molecule has 1 aliphatic rings. The summed E-state index contributed by atoms with van der Waals surface area (Å²) in [6.07, 6.45) is 0. The van der Waals surface area contributed by atoms with Crippen LogP contribution in [0.15, 0.2) is 66.2 Å². The summed E-state index contributed by atoms with van der Waals surface area (Å²) in [5.41, 5.74) is 4.42. The fourth-order valence-corrected chi connectivity index (χ4v) is 4.34. The van der Waals surface area contributed by atoms with Gasteiger partial charge in [0, 0.05) is 11.3 Å². The molecule has 4 rings (SSSR count). The number of rotatable bonds is 5. The van der Waals surface area contributed by atoms with Crippen molar-refractivity contribution in [1.29, 1.82) is 0 Å². The van der Waals surface area contributed by atoms with Gasteiger partial charge in [0.15, 0.2) is 0 Å². The Labute approximate surface area is 199 Å². The molecule has 1 amide bonds. The van der Waals surface area contributed by atoms with Gasteiger partial charge >= 0.3 is 0 Å². The summed E-state index contributed by atoms with van der Waals surface area (Å²) in [5, 5.41) is 11.3. The maximum Gasteiger partial charge on any atom is 0.300 e. The largest absolute Gasteiger partial charge is 0.507 e. The molecular formula is C28H27NO5. The number of methoxy groups -OCH3 is 2. The van der Waals surface area contributed by atoms with Crippen LogP contribution in [0.4, 0.5) is 5.69 Å². The Morgan fingerprint density at radius 2 is 1.56 bits per heavy atom. The van der Waals surface area contributed by atoms with Crippen LogP contribution in [0.25, 0.3) is 5.76 Å². The van der Waals surface area contributed by atoms with E-state index in [2.05, 4.69) is 0 Å². The van der Waals surface area contributed by atoms with Crippen molar-refractivity contribution in [2.45, 2.75) is 26.8 Å². The number of ether oxygens (including phenoxy) is 2. The Morgan fingerprint density at radius 1 is 0.853 bits per heavy atom. The number of ketones is 1. The van der Waals surface area contributed by atoms with E-state index in [-0.39, 0.29) is 11.3 Å². The van der Waals surface area contributed by atoms with Gasteiger partial charge in [-0.3, -0.25) is 14.5 Å². The summed E-state index contributed by atoms with van der Waals surface area (Å²) in [6.45, 7) is 5.68. The maximum absolute atomic E-state index is 13.4. The smallest absolute Gasteiger partial charge is 0.300 e. The van der Waals surface area contributed by atoms with Crippen LogP contribution in [-0.2, 0) is 9.59 Å². The van der Waals surface area contributed by atoms with Gasteiger partial charge in [-0.1, -0.05) is 24.3 Å². The van der Waals surface area contributed by atoms with Crippen molar-refractivity contribution in [2.75, 3.05) is 19.1 Å². The molecular weight excluding hydrogens is 430 g/mol. The Hall–Kier alpha value is -4.06. The zero-order valence-corrected chi connectivity index (χ0v) is 19.9. The molecule has 0 aromatic heterocycles. The monoisotopic (exact) mass is 457 g/mol. The number of benzene rings is 3. The number of anilines is 1. The number of hydrogen-bond donors (Lipinski definition) is 1. The molecule has 0 saturated carbocycles. The van der Waals surface area contributed by atoms with Crippen LogP contribution in [0.1, 0.15) is 33.9 Å². The van der Waals surface area contributed by atoms with E-state index in [1.165, 1.54) is 4.90 Å². The molecule has 1 N–H and O–H groups in total. The number of aryl methyl sites for hydroxylation is 3. The summed E-state index contributed by atoms with van der Waals surface area (Å²) in [5.74, 6) is -0.316. The number of hydrogen-bond acceptors (Lipinski definition) is 5. The summed E-state index contributed by atoms with van der Waals surface area (Å²) in [6, 6.07) is 17.3. The van der Waals surface area contributed by atoms with Crippen molar-refractivity contribution in [1.82, 2.24) is 0 Å². The molecule has 0 radical (unpaired) electrons. The van der Waals surface area contributed by atoms with Gasteiger partial charge in [0.2, 0.25) is 0 Å². The Balaban J connectivity index is 1.96. The predicted octanol–water partition coefficient (Wildman–Crippen LogP) is 5.26. The van der Waals surface area contributed by atoms with Crippen LogP contribution in [-0.4, -0.2) is 31.0 Å². The molecule has 6 nitrogen and oxygen atoms in total. The fraction of sp³-hybridized carbons (Fsp3) is 0.214. The molecule has 3 aromatic carbocycles. The summed E-state index contributed by atoms with van der Waals surface area (Å²) in [7, 11) is 3.14. The molecule has 0 bridgehead atoms. The van der Waals surface area contributed by atoms with Crippen LogP contribution in [0.2, 0.25) is 0 Å². The first-order valence-electron chi connectivity index (χ1n) is 10.9. The lowest BCUT2D eigenvalue weighted by atomic mass is 9.94. The minimum atomic E-state index is -0.797. The highest BCUT2D eigenvalue weighted by atomic mass is 16.5. The molecule has 3 aromatic rings. The van der Waals surface area contributed by atoms with Crippen molar-refractivity contribution in [3.63, 3.8) is 0 Å². The number of Topliss-reactive ketones (excluding diaryl/α,β-unsaturated/α-hetero) is 1. The summed E-state index contributed by atoms with van der Waals surface area (Å²) >= 11 is 0.